The molecule has 0 aliphatic carbocycles. The molecule has 4 heteroatoms. The molecule has 1 N–H and O–H groups in total. The van der Waals surface area contributed by atoms with E-state index in [0.717, 1.165) is 39.3 Å². The summed E-state index contributed by atoms with van der Waals surface area (Å²) in [6.45, 7) is 7.81. The van der Waals surface area contributed by atoms with Crippen molar-refractivity contribution in [2.75, 3.05) is 5.32 Å². The highest BCUT2D eigenvalue weighted by Crippen LogP contribution is 2.29. The number of anilines is 1. The molecule has 160 valence electrons. The second-order valence-electron chi connectivity index (χ2n) is 8.08. The molecule has 0 spiro atoms. The number of hydrogen-bond acceptors (Lipinski definition) is 2. The normalized spacial score (nSPS) is 10.8. The van der Waals surface area contributed by atoms with Crippen LogP contribution in [0, 0.1) is 27.7 Å². The van der Waals surface area contributed by atoms with E-state index in [4.69, 9.17) is 0 Å². The molecule has 4 rings (SSSR count). The Bertz CT molecular complexity index is 1350. The number of nitrogens with one attached hydrogen (secondary N) is 1. The minimum Gasteiger partial charge on any atom is -0.321 e. The van der Waals surface area contributed by atoms with Gasteiger partial charge in [-0.25, -0.2) is 0 Å². The highest BCUT2D eigenvalue weighted by Gasteiger charge is 2.23. The zero-order valence-corrected chi connectivity index (χ0v) is 18.8. The second kappa shape index (κ2) is 8.67. The standard InChI is InChI=1S/C28H26N2O2/c1-18-11-8-9-16-23(18)30-21(4)17-24(31)25(27(30)22-14-6-5-7-15-22)28(32)29-26-19(2)12-10-13-20(26)3/h5-17H,1-4H3,(H,29,32). The van der Waals surface area contributed by atoms with Crippen molar-refractivity contribution < 1.29 is 4.79 Å². The van der Waals surface area contributed by atoms with Gasteiger partial charge in [0.2, 0.25) is 0 Å². The van der Waals surface area contributed by atoms with Crippen LogP contribution in [0.3, 0.4) is 0 Å². The number of benzene rings is 3. The van der Waals surface area contributed by atoms with Crippen LogP contribution in [0.25, 0.3) is 16.9 Å². The number of hydrogen-bond donors (Lipinski definition) is 1. The topological polar surface area (TPSA) is 51.1 Å². The van der Waals surface area contributed by atoms with E-state index < -0.39 is 5.91 Å². The van der Waals surface area contributed by atoms with Gasteiger partial charge in [-0.1, -0.05) is 66.7 Å². The Labute approximate surface area is 188 Å². The van der Waals surface area contributed by atoms with E-state index in [9.17, 15) is 9.59 Å². The fourth-order valence-corrected chi connectivity index (χ4v) is 4.13. The van der Waals surface area contributed by atoms with E-state index >= 15 is 0 Å². The second-order valence-corrected chi connectivity index (χ2v) is 8.08. The largest absolute Gasteiger partial charge is 0.321 e. The van der Waals surface area contributed by atoms with E-state index in [1.165, 1.54) is 0 Å². The van der Waals surface area contributed by atoms with Crippen molar-refractivity contribution >= 4 is 11.6 Å². The predicted octanol–water partition coefficient (Wildman–Crippen LogP) is 5.99. The summed E-state index contributed by atoms with van der Waals surface area (Å²) < 4.78 is 2.01. The Balaban J connectivity index is 2.01. The van der Waals surface area contributed by atoms with Crippen molar-refractivity contribution in [1.82, 2.24) is 4.57 Å². The van der Waals surface area contributed by atoms with Gasteiger partial charge in [0.1, 0.15) is 5.56 Å². The third kappa shape index (κ3) is 3.87. The number of rotatable bonds is 4. The molecule has 32 heavy (non-hydrogen) atoms. The van der Waals surface area contributed by atoms with Crippen molar-refractivity contribution in [3.8, 4) is 16.9 Å². The van der Waals surface area contributed by atoms with Crippen LogP contribution in [-0.2, 0) is 0 Å². The van der Waals surface area contributed by atoms with Gasteiger partial charge < -0.3 is 9.88 Å². The van der Waals surface area contributed by atoms with Crippen molar-refractivity contribution in [2.45, 2.75) is 27.7 Å². The summed E-state index contributed by atoms with van der Waals surface area (Å²) in [4.78, 5) is 26.8. The maximum absolute atomic E-state index is 13.6. The van der Waals surface area contributed by atoms with Crippen molar-refractivity contribution in [1.29, 1.82) is 0 Å². The number of nitrogens with zero attached hydrogens (tertiary/aromatic N) is 1. The van der Waals surface area contributed by atoms with Crippen molar-refractivity contribution in [3.63, 3.8) is 0 Å². The van der Waals surface area contributed by atoms with Crippen LogP contribution in [0.2, 0.25) is 0 Å². The molecule has 1 amide bonds. The van der Waals surface area contributed by atoms with E-state index in [1.807, 2.05) is 105 Å². The molecular formula is C28H26N2O2. The lowest BCUT2D eigenvalue weighted by molar-refractivity contribution is 0.102. The summed E-state index contributed by atoms with van der Waals surface area (Å²) in [7, 11) is 0. The van der Waals surface area contributed by atoms with E-state index in [-0.39, 0.29) is 11.0 Å². The number of aryl methyl sites for hydroxylation is 4. The smallest absolute Gasteiger partial charge is 0.261 e. The summed E-state index contributed by atoms with van der Waals surface area (Å²) >= 11 is 0. The monoisotopic (exact) mass is 422 g/mol. The Morgan fingerprint density at radius 2 is 1.34 bits per heavy atom. The molecule has 0 saturated carbocycles. The van der Waals surface area contributed by atoms with Gasteiger partial charge in [0.25, 0.3) is 5.91 Å². The summed E-state index contributed by atoms with van der Waals surface area (Å²) in [5.74, 6) is -0.409. The lowest BCUT2D eigenvalue weighted by atomic mass is 10.0. The van der Waals surface area contributed by atoms with Crippen molar-refractivity contribution in [2.24, 2.45) is 0 Å². The number of aromatic nitrogens is 1. The van der Waals surface area contributed by atoms with Gasteiger partial charge in [-0.2, -0.15) is 0 Å². The molecule has 0 bridgehead atoms. The number of para-hydroxylation sites is 2. The van der Waals surface area contributed by atoms with Gasteiger partial charge in [0.15, 0.2) is 5.43 Å². The first-order chi connectivity index (χ1) is 15.4. The minimum atomic E-state index is -0.409. The molecule has 0 fully saturated rings. The molecule has 4 aromatic rings. The predicted molar refractivity (Wildman–Crippen MR) is 131 cm³/mol. The number of pyridine rings is 1. The molecule has 0 unspecified atom stereocenters. The van der Waals surface area contributed by atoms with E-state index in [2.05, 4.69) is 5.32 Å². The lowest BCUT2D eigenvalue weighted by Crippen LogP contribution is -2.27. The Morgan fingerprint density at radius 3 is 2.00 bits per heavy atom. The highest BCUT2D eigenvalue weighted by atomic mass is 16.2. The third-order valence-corrected chi connectivity index (χ3v) is 5.75. The third-order valence-electron chi connectivity index (χ3n) is 5.75. The minimum absolute atomic E-state index is 0.132. The maximum atomic E-state index is 13.6. The number of carbonyl (C=O) groups excluding carboxylic acids is 1. The Hall–Kier alpha value is -3.92. The van der Waals surface area contributed by atoms with Crippen LogP contribution in [0.4, 0.5) is 5.69 Å². The fourth-order valence-electron chi connectivity index (χ4n) is 4.13. The van der Waals surface area contributed by atoms with Gasteiger partial charge in [0.05, 0.1) is 5.69 Å². The van der Waals surface area contributed by atoms with Crippen LogP contribution in [0.1, 0.15) is 32.7 Å². The first-order valence-corrected chi connectivity index (χ1v) is 10.6. The first kappa shape index (κ1) is 21.3. The SMILES string of the molecule is Cc1ccccc1-n1c(C)cc(=O)c(C(=O)Nc2c(C)cccc2C)c1-c1ccccc1. The quantitative estimate of drug-likeness (QED) is 0.439. The average Bonchev–Trinajstić information content (AvgIpc) is 2.77. The van der Waals surface area contributed by atoms with Crippen LogP contribution < -0.4 is 10.7 Å². The van der Waals surface area contributed by atoms with Gasteiger partial charge in [-0.05, 0) is 56.0 Å². The van der Waals surface area contributed by atoms with Gasteiger partial charge >= 0.3 is 0 Å². The van der Waals surface area contributed by atoms with Gasteiger partial charge in [-0.15, -0.1) is 0 Å². The van der Waals surface area contributed by atoms with Gasteiger partial charge in [0, 0.05) is 23.1 Å². The summed E-state index contributed by atoms with van der Waals surface area (Å²) in [6.07, 6.45) is 0. The van der Waals surface area contributed by atoms with Crippen LogP contribution in [0.15, 0.2) is 83.7 Å². The molecule has 1 aromatic heterocycles. The summed E-state index contributed by atoms with van der Waals surface area (Å²) in [5.41, 5.74) is 6.63. The molecule has 0 atom stereocenters. The molecule has 0 radical (unpaired) electrons. The Kier molecular flexibility index (Phi) is 5.78. The van der Waals surface area contributed by atoms with Crippen LogP contribution >= 0.6 is 0 Å². The van der Waals surface area contributed by atoms with Gasteiger partial charge in [-0.3, -0.25) is 9.59 Å². The Morgan fingerprint density at radius 1 is 0.750 bits per heavy atom. The molecule has 0 saturated heterocycles. The maximum Gasteiger partial charge on any atom is 0.261 e. The molecule has 4 nitrogen and oxygen atoms in total. The zero-order chi connectivity index (χ0) is 22.8. The first-order valence-electron chi connectivity index (χ1n) is 10.6. The van der Waals surface area contributed by atoms with Crippen molar-refractivity contribution in [3.05, 3.63) is 117 Å². The lowest BCUT2D eigenvalue weighted by Gasteiger charge is -2.22. The molecule has 0 aliphatic heterocycles. The molecule has 0 aliphatic rings. The molecule has 1 heterocycles. The number of carbonyl (C=O) groups is 1. The van der Waals surface area contributed by atoms with Crippen LogP contribution in [-0.4, -0.2) is 10.5 Å². The summed E-state index contributed by atoms with van der Waals surface area (Å²) in [5, 5.41) is 3.01. The molecular weight excluding hydrogens is 396 g/mol. The highest BCUT2D eigenvalue weighted by molar-refractivity contribution is 6.09. The average molecular weight is 423 g/mol. The van der Waals surface area contributed by atoms with Crippen LogP contribution in [0.5, 0.6) is 0 Å². The zero-order valence-electron chi connectivity index (χ0n) is 18.8. The van der Waals surface area contributed by atoms with E-state index in [0.29, 0.717) is 5.69 Å². The molecule has 3 aromatic carbocycles. The summed E-state index contributed by atoms with van der Waals surface area (Å²) in [6, 6.07) is 25.0. The number of amides is 1. The van der Waals surface area contributed by atoms with E-state index in [1.54, 1.807) is 6.07 Å². The fraction of sp³-hybridized carbons (Fsp3) is 0.143.